The van der Waals surface area contributed by atoms with Crippen molar-refractivity contribution in [2.75, 3.05) is 49.6 Å². The van der Waals surface area contributed by atoms with Gasteiger partial charge in [-0.3, -0.25) is 0 Å². The highest BCUT2D eigenvalue weighted by atomic mass is 19.1. The molecule has 6 heteroatoms. The van der Waals surface area contributed by atoms with Crippen molar-refractivity contribution in [2.45, 2.75) is 37.0 Å². The van der Waals surface area contributed by atoms with E-state index in [9.17, 15) is 14.6 Å². The van der Waals surface area contributed by atoms with Gasteiger partial charge in [-0.15, -0.1) is 0 Å². The van der Waals surface area contributed by atoms with Crippen LogP contribution in [-0.4, -0.2) is 60.9 Å². The summed E-state index contributed by atoms with van der Waals surface area (Å²) >= 11 is 0. The van der Waals surface area contributed by atoms with Crippen LogP contribution >= 0.6 is 0 Å². The van der Waals surface area contributed by atoms with Crippen LogP contribution in [0, 0.1) is 5.82 Å². The zero-order chi connectivity index (χ0) is 20.9. The molecule has 1 fully saturated rings. The number of para-hydroxylation sites is 1. The standard InChI is InChI=1S/C24H30FN3O2/c1-26-14-15-28-21-10-13-27(16-20(21)19-4-2-5-22(26)23(19)28)12-3-11-24(29,30)17-6-8-18(25)9-7-17/h2,4-9,20-21,29-30H,3,10-16H2,1H3. The van der Waals surface area contributed by atoms with Gasteiger partial charge in [-0.2, -0.15) is 0 Å². The lowest BCUT2D eigenvalue weighted by Gasteiger charge is -2.41. The molecule has 2 atom stereocenters. The summed E-state index contributed by atoms with van der Waals surface area (Å²) in [5, 5.41) is 20.8. The zero-order valence-electron chi connectivity index (χ0n) is 17.5. The van der Waals surface area contributed by atoms with Crippen LogP contribution in [0.2, 0.25) is 0 Å². The molecular formula is C24H30FN3O2. The summed E-state index contributed by atoms with van der Waals surface area (Å²) in [6.45, 7) is 5.06. The van der Waals surface area contributed by atoms with Gasteiger partial charge in [0.15, 0.2) is 5.79 Å². The van der Waals surface area contributed by atoms with E-state index >= 15 is 0 Å². The van der Waals surface area contributed by atoms with E-state index in [-0.39, 0.29) is 12.2 Å². The molecular weight excluding hydrogens is 381 g/mol. The summed E-state index contributed by atoms with van der Waals surface area (Å²) in [7, 11) is 2.18. The Kier molecular flexibility index (Phi) is 4.96. The first-order chi connectivity index (χ1) is 14.4. The third-order valence-electron chi connectivity index (χ3n) is 7.19. The number of hydrogen-bond donors (Lipinski definition) is 2. The number of anilines is 2. The summed E-state index contributed by atoms with van der Waals surface area (Å²) in [4.78, 5) is 7.46. The second-order valence-corrected chi connectivity index (χ2v) is 9.02. The number of halogens is 1. The molecule has 3 aliphatic rings. The van der Waals surface area contributed by atoms with Gasteiger partial charge in [-0.25, -0.2) is 4.39 Å². The number of piperidine rings is 1. The lowest BCUT2D eigenvalue weighted by Crippen LogP contribution is -2.49. The van der Waals surface area contributed by atoms with Gasteiger partial charge in [0.05, 0.1) is 11.4 Å². The number of fused-ring (bicyclic) bond motifs is 3. The average molecular weight is 412 g/mol. The fourth-order valence-corrected chi connectivity index (χ4v) is 5.59. The van der Waals surface area contributed by atoms with Gasteiger partial charge in [0.2, 0.25) is 0 Å². The van der Waals surface area contributed by atoms with Crippen LogP contribution in [0.15, 0.2) is 42.5 Å². The van der Waals surface area contributed by atoms with Crippen molar-refractivity contribution in [3.63, 3.8) is 0 Å². The molecule has 0 radical (unpaired) electrons. The fraction of sp³-hybridized carbons (Fsp3) is 0.500. The summed E-state index contributed by atoms with van der Waals surface area (Å²) in [6.07, 6.45) is 2.06. The van der Waals surface area contributed by atoms with Crippen LogP contribution < -0.4 is 9.80 Å². The molecule has 0 saturated carbocycles. The van der Waals surface area contributed by atoms with E-state index in [1.807, 2.05) is 0 Å². The molecule has 2 unspecified atom stereocenters. The second-order valence-electron chi connectivity index (χ2n) is 9.02. The lowest BCUT2D eigenvalue weighted by molar-refractivity contribution is -0.175. The van der Waals surface area contributed by atoms with Crippen molar-refractivity contribution < 1.29 is 14.6 Å². The van der Waals surface area contributed by atoms with Crippen molar-refractivity contribution >= 4 is 11.4 Å². The van der Waals surface area contributed by atoms with E-state index in [1.165, 1.54) is 41.2 Å². The van der Waals surface area contributed by atoms with E-state index < -0.39 is 5.79 Å². The predicted octanol–water partition coefficient (Wildman–Crippen LogP) is 2.87. The van der Waals surface area contributed by atoms with Gasteiger partial charge >= 0.3 is 0 Å². The molecule has 2 aromatic rings. The smallest absolute Gasteiger partial charge is 0.189 e. The van der Waals surface area contributed by atoms with Crippen LogP contribution in [0.3, 0.4) is 0 Å². The number of likely N-dealkylation sites (tertiary alicyclic amines) is 1. The van der Waals surface area contributed by atoms with Crippen molar-refractivity contribution in [2.24, 2.45) is 0 Å². The monoisotopic (exact) mass is 411 g/mol. The van der Waals surface area contributed by atoms with E-state index in [0.717, 1.165) is 39.1 Å². The summed E-state index contributed by atoms with van der Waals surface area (Å²) in [5.74, 6) is -1.77. The second kappa shape index (κ2) is 7.52. The van der Waals surface area contributed by atoms with Crippen molar-refractivity contribution in [3.8, 4) is 0 Å². The maximum Gasteiger partial charge on any atom is 0.189 e. The first kappa shape index (κ1) is 19.8. The molecule has 0 bridgehead atoms. The minimum Gasteiger partial charge on any atom is -0.371 e. The van der Waals surface area contributed by atoms with Gasteiger partial charge in [-0.1, -0.05) is 24.3 Å². The largest absolute Gasteiger partial charge is 0.371 e. The highest BCUT2D eigenvalue weighted by Crippen LogP contribution is 2.50. The van der Waals surface area contributed by atoms with Crippen LogP contribution in [0.1, 0.15) is 36.3 Å². The zero-order valence-corrected chi connectivity index (χ0v) is 17.5. The molecule has 3 aliphatic heterocycles. The van der Waals surface area contributed by atoms with Gasteiger partial charge in [0.25, 0.3) is 0 Å². The van der Waals surface area contributed by atoms with E-state index in [1.54, 1.807) is 0 Å². The number of nitrogens with zero attached hydrogens (tertiary/aromatic N) is 3. The molecule has 0 amide bonds. The molecule has 3 heterocycles. The summed E-state index contributed by atoms with van der Waals surface area (Å²) < 4.78 is 13.1. The molecule has 2 N–H and O–H groups in total. The average Bonchev–Trinajstić information content (AvgIpc) is 3.05. The first-order valence-corrected chi connectivity index (χ1v) is 11.0. The Morgan fingerprint density at radius 3 is 2.67 bits per heavy atom. The van der Waals surface area contributed by atoms with Crippen molar-refractivity contribution in [1.82, 2.24) is 4.90 Å². The highest BCUT2D eigenvalue weighted by molar-refractivity contribution is 5.80. The van der Waals surface area contributed by atoms with Crippen LogP contribution in [-0.2, 0) is 5.79 Å². The normalized spacial score (nSPS) is 23.5. The molecule has 30 heavy (non-hydrogen) atoms. The Labute approximate surface area is 177 Å². The molecule has 0 aliphatic carbocycles. The van der Waals surface area contributed by atoms with Crippen molar-refractivity contribution in [3.05, 3.63) is 59.4 Å². The molecule has 0 spiro atoms. The minimum absolute atomic E-state index is 0.237. The summed E-state index contributed by atoms with van der Waals surface area (Å²) in [5.41, 5.74) is 4.60. The van der Waals surface area contributed by atoms with Gasteiger partial charge in [0.1, 0.15) is 5.82 Å². The van der Waals surface area contributed by atoms with Crippen LogP contribution in [0.25, 0.3) is 0 Å². The fourth-order valence-electron chi connectivity index (χ4n) is 5.59. The Balaban J connectivity index is 1.23. The quantitative estimate of drug-likeness (QED) is 0.741. The van der Waals surface area contributed by atoms with Crippen LogP contribution in [0.5, 0.6) is 0 Å². The SMILES string of the molecule is CN1CCN2c3c(cccc31)C1CN(CCCC(O)(O)c3ccc(F)cc3)CCC12. The van der Waals surface area contributed by atoms with Gasteiger partial charge in [-0.05, 0) is 43.1 Å². The predicted molar refractivity (Wildman–Crippen MR) is 116 cm³/mol. The maximum atomic E-state index is 13.1. The topological polar surface area (TPSA) is 50.2 Å². The third-order valence-corrected chi connectivity index (χ3v) is 7.19. The number of hydrogen-bond acceptors (Lipinski definition) is 5. The van der Waals surface area contributed by atoms with E-state index in [4.69, 9.17) is 0 Å². The van der Waals surface area contributed by atoms with Gasteiger partial charge < -0.3 is 24.9 Å². The van der Waals surface area contributed by atoms with Crippen LogP contribution in [0.4, 0.5) is 15.8 Å². The molecule has 1 saturated heterocycles. The minimum atomic E-state index is -1.92. The number of rotatable bonds is 5. The Hall–Kier alpha value is -2.15. The number of aliphatic hydroxyl groups is 2. The Bertz CT molecular complexity index is 917. The Morgan fingerprint density at radius 2 is 1.87 bits per heavy atom. The molecule has 5 rings (SSSR count). The number of likely N-dealkylation sites (N-methyl/N-ethyl adjacent to an activating group) is 1. The lowest BCUT2D eigenvalue weighted by atomic mass is 9.88. The summed E-state index contributed by atoms with van der Waals surface area (Å²) in [6, 6.07) is 12.7. The third kappa shape index (κ3) is 3.37. The maximum absolute atomic E-state index is 13.1. The molecule has 5 nitrogen and oxygen atoms in total. The molecule has 160 valence electrons. The number of benzene rings is 2. The first-order valence-electron chi connectivity index (χ1n) is 11.0. The Morgan fingerprint density at radius 1 is 1.07 bits per heavy atom. The van der Waals surface area contributed by atoms with Gasteiger partial charge in [0, 0.05) is 57.2 Å². The highest BCUT2D eigenvalue weighted by Gasteiger charge is 2.44. The molecule has 0 aromatic heterocycles. The molecule has 2 aromatic carbocycles. The van der Waals surface area contributed by atoms with E-state index in [2.05, 4.69) is 39.9 Å². The van der Waals surface area contributed by atoms with E-state index in [0.29, 0.717) is 23.9 Å². The van der Waals surface area contributed by atoms with Crippen molar-refractivity contribution in [1.29, 1.82) is 0 Å².